The molecule has 14 nitrogen and oxygen atoms in total. The molecular formula is C39H71N7O7S. The van der Waals surface area contributed by atoms with Crippen molar-refractivity contribution in [1.82, 2.24) is 35.8 Å². The van der Waals surface area contributed by atoms with E-state index in [1.54, 1.807) is 4.90 Å². The lowest BCUT2D eigenvalue weighted by molar-refractivity contribution is -0.144. The molecule has 6 N–H and O–H groups in total. The summed E-state index contributed by atoms with van der Waals surface area (Å²) in [5.74, 6) is -1.99. The third-order valence-corrected chi connectivity index (χ3v) is 12.4. The Labute approximate surface area is 326 Å². The fourth-order valence-corrected chi connectivity index (χ4v) is 8.53. The second-order valence-electron chi connectivity index (χ2n) is 17.7. The van der Waals surface area contributed by atoms with Crippen molar-refractivity contribution < 1.29 is 32.7 Å². The molecule has 6 atom stereocenters. The quantitative estimate of drug-likeness (QED) is 0.0614. The maximum atomic E-state index is 14.8. The predicted octanol–water partition coefficient (Wildman–Crippen LogP) is 3.59. The zero-order chi connectivity index (χ0) is 40.2. The zero-order valence-electron chi connectivity index (χ0n) is 34.2. The van der Waals surface area contributed by atoms with Crippen molar-refractivity contribution in [2.75, 3.05) is 39.8 Å². The molecule has 1 aliphatic heterocycles. The summed E-state index contributed by atoms with van der Waals surface area (Å²) in [5, 5.41) is 14.7. The molecule has 2 saturated carbocycles. The van der Waals surface area contributed by atoms with Crippen LogP contribution in [-0.4, -0.2) is 111 Å². The van der Waals surface area contributed by atoms with Crippen molar-refractivity contribution in [3.8, 4) is 0 Å². The summed E-state index contributed by atoms with van der Waals surface area (Å²) in [5.41, 5.74) is -0.482. The number of carbonyl (C=O) groups is 5. The van der Waals surface area contributed by atoms with Crippen LogP contribution in [0.4, 0.5) is 4.79 Å². The highest BCUT2D eigenvalue weighted by Crippen LogP contribution is 2.35. The molecule has 5 amide bonds. The van der Waals surface area contributed by atoms with Crippen LogP contribution in [0, 0.1) is 35.0 Å². The predicted molar refractivity (Wildman–Crippen MR) is 211 cm³/mol. The SMILES string of the molecule is CNCCCN(CC(NC(=O)NC(C(=O)N1CCC(C(C)C)C1C(=O)NC(CC1CCC1)C(=O)C(=O)NCC(C)C)C1CCCCC1)C(C)(C)C)S(=O)O. The highest BCUT2D eigenvalue weighted by atomic mass is 32.2. The summed E-state index contributed by atoms with van der Waals surface area (Å²) >= 11 is -2.24. The minimum atomic E-state index is -2.24. The first-order chi connectivity index (χ1) is 25.4. The topological polar surface area (TPSA) is 189 Å². The Balaban J connectivity index is 1.86. The smallest absolute Gasteiger partial charge is 0.315 e. The number of hydrogen-bond acceptors (Lipinski definition) is 7. The van der Waals surface area contributed by atoms with E-state index in [2.05, 4.69) is 26.6 Å². The Bertz CT molecular complexity index is 1280. The van der Waals surface area contributed by atoms with E-state index in [0.717, 1.165) is 51.4 Å². The van der Waals surface area contributed by atoms with Gasteiger partial charge in [-0.1, -0.05) is 87.0 Å². The molecule has 6 unspecified atom stereocenters. The second-order valence-corrected chi connectivity index (χ2v) is 18.7. The molecule has 0 bridgehead atoms. The highest BCUT2D eigenvalue weighted by Gasteiger charge is 2.47. The van der Waals surface area contributed by atoms with Gasteiger partial charge in [-0.05, 0) is 80.7 Å². The van der Waals surface area contributed by atoms with Gasteiger partial charge in [-0.15, -0.1) is 0 Å². The van der Waals surface area contributed by atoms with Crippen molar-refractivity contribution in [3.63, 3.8) is 0 Å². The lowest BCUT2D eigenvalue weighted by Gasteiger charge is -2.38. The van der Waals surface area contributed by atoms with Crippen LogP contribution in [0.3, 0.4) is 0 Å². The van der Waals surface area contributed by atoms with E-state index < -0.39 is 64.5 Å². The lowest BCUT2D eigenvalue weighted by atomic mass is 9.80. The molecule has 0 aromatic rings. The molecule has 2 aliphatic carbocycles. The average Bonchev–Trinajstić information content (AvgIpc) is 3.55. The molecule has 54 heavy (non-hydrogen) atoms. The standard InChI is InChI=1S/C39H71N7O7S/c1-25(2)23-41-36(49)34(47)30(22-27-14-12-15-27)42-35(48)33-29(26(3)4)18-21-46(33)37(50)32(28-16-10-9-11-17-28)44-38(51)43-31(39(5,6)7)24-45(54(52)53)20-13-19-40-8/h25-33,40H,9-24H2,1-8H3,(H,41,49)(H,42,48)(H,52,53)(H2,43,44,51). The fraction of sp³-hybridized carbons (Fsp3) is 0.872. The monoisotopic (exact) mass is 782 g/mol. The minimum absolute atomic E-state index is 0.0544. The Morgan fingerprint density at radius 1 is 0.907 bits per heavy atom. The number of rotatable bonds is 20. The summed E-state index contributed by atoms with van der Waals surface area (Å²) in [4.78, 5) is 71.0. The van der Waals surface area contributed by atoms with Gasteiger partial charge in [0, 0.05) is 32.2 Å². The first kappa shape index (κ1) is 45.8. The van der Waals surface area contributed by atoms with Gasteiger partial charge >= 0.3 is 6.03 Å². The first-order valence-electron chi connectivity index (χ1n) is 20.4. The van der Waals surface area contributed by atoms with Crippen molar-refractivity contribution in [1.29, 1.82) is 0 Å². The molecule has 0 radical (unpaired) electrons. The van der Waals surface area contributed by atoms with Crippen LogP contribution >= 0.6 is 0 Å². The van der Waals surface area contributed by atoms with Gasteiger partial charge in [0.25, 0.3) is 5.91 Å². The van der Waals surface area contributed by atoms with E-state index in [0.29, 0.717) is 45.4 Å². The first-order valence-corrected chi connectivity index (χ1v) is 21.5. The number of likely N-dealkylation sites (tertiary alicyclic amines) is 1. The largest absolute Gasteiger partial charge is 0.349 e. The number of urea groups is 1. The van der Waals surface area contributed by atoms with Gasteiger partial charge in [-0.3, -0.25) is 23.7 Å². The van der Waals surface area contributed by atoms with Gasteiger partial charge in [-0.2, -0.15) is 4.31 Å². The van der Waals surface area contributed by atoms with Crippen molar-refractivity contribution >= 4 is 40.8 Å². The Morgan fingerprint density at radius 3 is 2.11 bits per heavy atom. The van der Waals surface area contributed by atoms with Crippen LogP contribution < -0.4 is 26.6 Å². The Hall–Kier alpha value is -2.62. The van der Waals surface area contributed by atoms with Crippen molar-refractivity contribution in [2.24, 2.45) is 35.0 Å². The number of nitrogens with zero attached hydrogens (tertiary/aromatic N) is 2. The van der Waals surface area contributed by atoms with Crippen LogP contribution in [-0.2, 0) is 30.4 Å². The normalized spacial score (nSPS) is 22.0. The van der Waals surface area contributed by atoms with Gasteiger partial charge in [-0.25, -0.2) is 9.00 Å². The van der Waals surface area contributed by atoms with Crippen LogP contribution in [0.1, 0.15) is 119 Å². The molecule has 1 heterocycles. The fourth-order valence-electron chi connectivity index (χ4n) is 7.96. The molecular weight excluding hydrogens is 711 g/mol. The highest BCUT2D eigenvalue weighted by molar-refractivity contribution is 7.76. The maximum Gasteiger partial charge on any atom is 0.315 e. The Morgan fingerprint density at radius 2 is 1.57 bits per heavy atom. The lowest BCUT2D eigenvalue weighted by Crippen LogP contribution is -2.61. The van der Waals surface area contributed by atoms with E-state index in [1.165, 1.54) is 4.31 Å². The van der Waals surface area contributed by atoms with Gasteiger partial charge in [0.1, 0.15) is 12.1 Å². The van der Waals surface area contributed by atoms with Crippen molar-refractivity contribution in [2.45, 2.75) is 143 Å². The number of ketones is 1. The molecule has 15 heteroatoms. The second kappa shape index (κ2) is 21.6. The molecule has 3 fully saturated rings. The number of amides is 5. The molecule has 310 valence electrons. The van der Waals surface area contributed by atoms with E-state index >= 15 is 0 Å². The van der Waals surface area contributed by atoms with Gasteiger partial charge in [0.15, 0.2) is 0 Å². The number of carbonyl (C=O) groups excluding carboxylic acids is 5. The van der Waals surface area contributed by atoms with Crippen LogP contribution in [0.2, 0.25) is 0 Å². The molecule has 1 saturated heterocycles. The van der Waals surface area contributed by atoms with E-state index in [1.807, 2.05) is 55.5 Å². The van der Waals surface area contributed by atoms with Crippen molar-refractivity contribution in [3.05, 3.63) is 0 Å². The molecule has 3 rings (SSSR count). The Kier molecular flexibility index (Phi) is 18.3. The molecule has 0 aromatic carbocycles. The number of Topliss-reactive ketones (excluding diaryl/α,β-unsaturated/α-hetero) is 1. The summed E-state index contributed by atoms with van der Waals surface area (Å²) in [7, 11) is 1.82. The van der Waals surface area contributed by atoms with Gasteiger partial charge in [0.2, 0.25) is 28.9 Å². The maximum absolute atomic E-state index is 14.8. The van der Waals surface area contributed by atoms with E-state index in [4.69, 9.17) is 0 Å². The summed E-state index contributed by atoms with van der Waals surface area (Å²) in [6.07, 6.45) is 8.95. The molecule has 0 aromatic heterocycles. The average molecular weight is 782 g/mol. The van der Waals surface area contributed by atoms with E-state index in [9.17, 15) is 32.7 Å². The van der Waals surface area contributed by atoms with E-state index in [-0.39, 0.29) is 42.0 Å². The minimum Gasteiger partial charge on any atom is -0.349 e. The number of nitrogens with one attached hydrogen (secondary N) is 5. The van der Waals surface area contributed by atoms with Crippen LogP contribution in [0.5, 0.6) is 0 Å². The van der Waals surface area contributed by atoms with Crippen LogP contribution in [0.25, 0.3) is 0 Å². The zero-order valence-corrected chi connectivity index (χ0v) is 35.0. The van der Waals surface area contributed by atoms with Gasteiger partial charge in [0.05, 0.1) is 6.04 Å². The summed E-state index contributed by atoms with van der Waals surface area (Å²) in [6, 6.07) is -3.81. The molecule has 3 aliphatic rings. The summed E-state index contributed by atoms with van der Waals surface area (Å²) < 4.78 is 23.7. The summed E-state index contributed by atoms with van der Waals surface area (Å²) in [6.45, 7) is 15.6. The van der Waals surface area contributed by atoms with Gasteiger partial charge < -0.3 is 31.5 Å². The van der Waals surface area contributed by atoms with Crippen LogP contribution in [0.15, 0.2) is 0 Å². The third-order valence-electron chi connectivity index (χ3n) is 11.6. The molecule has 0 spiro atoms. The third kappa shape index (κ3) is 13.5. The number of hydrogen-bond donors (Lipinski definition) is 6.